The molecule has 20 heavy (non-hydrogen) atoms. The van der Waals surface area contributed by atoms with Crippen LogP contribution in [-0.4, -0.2) is 34.6 Å². The molecule has 0 bridgehead atoms. The van der Waals surface area contributed by atoms with Crippen molar-refractivity contribution in [3.05, 3.63) is 29.6 Å². The molecule has 0 aliphatic heterocycles. The zero-order chi connectivity index (χ0) is 14.7. The SMILES string of the molecule is CCCN(C(=O)Nc1ccc(C(=O)O)cc1F)C1CC1. The van der Waals surface area contributed by atoms with E-state index in [0.717, 1.165) is 25.3 Å². The molecule has 1 fully saturated rings. The number of nitrogens with zero attached hydrogens (tertiary/aromatic N) is 1. The number of benzene rings is 1. The molecule has 0 saturated heterocycles. The average Bonchev–Trinajstić information content (AvgIpc) is 3.22. The summed E-state index contributed by atoms with van der Waals surface area (Å²) in [4.78, 5) is 24.5. The topological polar surface area (TPSA) is 69.6 Å². The Bertz CT molecular complexity index is 529. The Hall–Kier alpha value is -2.11. The van der Waals surface area contributed by atoms with E-state index in [1.54, 1.807) is 4.90 Å². The van der Waals surface area contributed by atoms with Crippen molar-refractivity contribution in [2.75, 3.05) is 11.9 Å². The largest absolute Gasteiger partial charge is 0.478 e. The smallest absolute Gasteiger partial charge is 0.335 e. The van der Waals surface area contributed by atoms with Gasteiger partial charge in [-0.1, -0.05) is 6.92 Å². The third kappa shape index (κ3) is 3.26. The number of carbonyl (C=O) groups is 2. The van der Waals surface area contributed by atoms with Crippen LogP contribution in [0.15, 0.2) is 18.2 Å². The third-order valence-electron chi connectivity index (χ3n) is 3.17. The highest BCUT2D eigenvalue weighted by atomic mass is 19.1. The predicted molar refractivity (Wildman–Crippen MR) is 72.4 cm³/mol. The van der Waals surface area contributed by atoms with Crippen molar-refractivity contribution >= 4 is 17.7 Å². The average molecular weight is 280 g/mol. The highest BCUT2D eigenvalue weighted by Gasteiger charge is 2.32. The van der Waals surface area contributed by atoms with E-state index in [9.17, 15) is 14.0 Å². The molecule has 1 aliphatic rings. The monoisotopic (exact) mass is 280 g/mol. The van der Waals surface area contributed by atoms with Crippen LogP contribution in [0, 0.1) is 5.82 Å². The summed E-state index contributed by atoms with van der Waals surface area (Å²) in [5, 5.41) is 11.3. The first kappa shape index (κ1) is 14.3. The van der Waals surface area contributed by atoms with E-state index in [2.05, 4.69) is 5.32 Å². The lowest BCUT2D eigenvalue weighted by atomic mass is 10.2. The van der Waals surface area contributed by atoms with E-state index >= 15 is 0 Å². The van der Waals surface area contributed by atoms with Crippen molar-refractivity contribution in [1.82, 2.24) is 4.90 Å². The Balaban J connectivity index is 2.08. The molecule has 1 aromatic rings. The van der Waals surface area contributed by atoms with E-state index < -0.39 is 11.8 Å². The number of carboxylic acids is 1. The number of aromatic carboxylic acids is 1. The van der Waals surface area contributed by atoms with Gasteiger partial charge in [0.25, 0.3) is 0 Å². The number of hydrogen-bond acceptors (Lipinski definition) is 2. The Morgan fingerprint density at radius 2 is 2.15 bits per heavy atom. The van der Waals surface area contributed by atoms with Crippen LogP contribution in [-0.2, 0) is 0 Å². The summed E-state index contributed by atoms with van der Waals surface area (Å²) in [5.74, 6) is -1.95. The molecule has 0 radical (unpaired) electrons. The molecule has 0 unspecified atom stereocenters. The van der Waals surface area contributed by atoms with Gasteiger partial charge < -0.3 is 15.3 Å². The van der Waals surface area contributed by atoms with E-state index in [1.165, 1.54) is 12.1 Å². The lowest BCUT2D eigenvalue weighted by Gasteiger charge is -2.22. The minimum atomic E-state index is -1.20. The fourth-order valence-corrected chi connectivity index (χ4v) is 2.01. The van der Waals surface area contributed by atoms with Gasteiger partial charge in [0, 0.05) is 12.6 Å². The van der Waals surface area contributed by atoms with Gasteiger partial charge in [-0.05, 0) is 37.5 Å². The molecule has 1 aromatic carbocycles. The number of carbonyl (C=O) groups excluding carboxylic acids is 1. The fraction of sp³-hybridized carbons (Fsp3) is 0.429. The van der Waals surface area contributed by atoms with Crippen LogP contribution < -0.4 is 5.32 Å². The molecule has 2 N–H and O–H groups in total. The number of rotatable bonds is 5. The first-order chi connectivity index (χ1) is 9.52. The van der Waals surface area contributed by atoms with Crippen LogP contribution in [0.5, 0.6) is 0 Å². The minimum Gasteiger partial charge on any atom is -0.478 e. The molecule has 1 saturated carbocycles. The second-order valence-corrected chi connectivity index (χ2v) is 4.85. The van der Waals surface area contributed by atoms with Gasteiger partial charge in [-0.25, -0.2) is 14.0 Å². The maximum atomic E-state index is 13.7. The van der Waals surface area contributed by atoms with Gasteiger partial charge >= 0.3 is 12.0 Å². The minimum absolute atomic E-state index is 0.00162. The number of anilines is 1. The number of hydrogen-bond donors (Lipinski definition) is 2. The van der Waals surface area contributed by atoms with Gasteiger partial charge in [-0.2, -0.15) is 0 Å². The second kappa shape index (κ2) is 5.90. The maximum absolute atomic E-state index is 13.7. The summed E-state index contributed by atoms with van der Waals surface area (Å²) in [7, 11) is 0. The van der Waals surface area contributed by atoms with E-state index in [-0.39, 0.29) is 23.3 Å². The summed E-state index contributed by atoms with van der Waals surface area (Å²) >= 11 is 0. The quantitative estimate of drug-likeness (QED) is 0.871. The van der Waals surface area contributed by atoms with Gasteiger partial charge in [0.1, 0.15) is 5.82 Å². The molecule has 1 aliphatic carbocycles. The van der Waals surface area contributed by atoms with Crippen molar-refractivity contribution in [3.63, 3.8) is 0 Å². The van der Waals surface area contributed by atoms with Crippen LogP contribution in [0.4, 0.5) is 14.9 Å². The van der Waals surface area contributed by atoms with Crippen LogP contribution in [0.3, 0.4) is 0 Å². The molecule has 2 rings (SSSR count). The van der Waals surface area contributed by atoms with Crippen LogP contribution in [0.1, 0.15) is 36.5 Å². The summed E-state index contributed by atoms with van der Waals surface area (Å²) in [5.41, 5.74) is -0.144. The number of urea groups is 1. The van der Waals surface area contributed by atoms with Crippen LogP contribution in [0.2, 0.25) is 0 Å². The van der Waals surface area contributed by atoms with E-state index in [4.69, 9.17) is 5.11 Å². The van der Waals surface area contributed by atoms with Crippen molar-refractivity contribution < 1.29 is 19.1 Å². The second-order valence-electron chi connectivity index (χ2n) is 4.85. The van der Waals surface area contributed by atoms with Crippen LogP contribution >= 0.6 is 0 Å². The van der Waals surface area contributed by atoms with Crippen molar-refractivity contribution in [2.24, 2.45) is 0 Å². The Kier molecular flexibility index (Phi) is 4.22. The highest BCUT2D eigenvalue weighted by Crippen LogP contribution is 2.28. The van der Waals surface area contributed by atoms with Gasteiger partial charge in [0.05, 0.1) is 11.3 Å². The van der Waals surface area contributed by atoms with Gasteiger partial charge in [0.2, 0.25) is 0 Å². The molecule has 5 nitrogen and oxygen atoms in total. The lowest BCUT2D eigenvalue weighted by molar-refractivity contribution is 0.0696. The van der Waals surface area contributed by atoms with E-state index in [1.807, 2.05) is 6.92 Å². The number of amides is 2. The molecule has 0 atom stereocenters. The summed E-state index contributed by atoms with van der Waals surface area (Å²) in [6.07, 6.45) is 2.80. The molecular weight excluding hydrogens is 263 g/mol. The first-order valence-electron chi connectivity index (χ1n) is 6.63. The molecule has 108 valence electrons. The fourth-order valence-electron chi connectivity index (χ4n) is 2.01. The Morgan fingerprint density at radius 1 is 1.45 bits per heavy atom. The zero-order valence-electron chi connectivity index (χ0n) is 11.2. The number of nitrogens with one attached hydrogen (secondary N) is 1. The first-order valence-corrected chi connectivity index (χ1v) is 6.63. The third-order valence-corrected chi connectivity index (χ3v) is 3.17. The summed E-state index contributed by atoms with van der Waals surface area (Å²) in [6.45, 7) is 2.61. The number of carboxylic acid groups (broad SMARTS) is 1. The lowest BCUT2D eigenvalue weighted by Crippen LogP contribution is -2.37. The maximum Gasteiger partial charge on any atom is 0.335 e. The van der Waals surface area contributed by atoms with Crippen molar-refractivity contribution in [2.45, 2.75) is 32.2 Å². The van der Waals surface area contributed by atoms with Gasteiger partial charge in [0.15, 0.2) is 0 Å². The Morgan fingerprint density at radius 3 is 2.65 bits per heavy atom. The molecular formula is C14H17FN2O3. The standard InChI is InChI=1S/C14H17FN2O3/c1-2-7-17(10-4-5-10)14(20)16-12-6-3-9(13(18)19)8-11(12)15/h3,6,8,10H,2,4-5,7H2,1H3,(H,16,20)(H,18,19). The van der Waals surface area contributed by atoms with Gasteiger partial charge in [-0.15, -0.1) is 0 Å². The normalized spacial score (nSPS) is 13.9. The van der Waals surface area contributed by atoms with Crippen LogP contribution in [0.25, 0.3) is 0 Å². The molecule has 0 heterocycles. The number of halogens is 1. The van der Waals surface area contributed by atoms with Gasteiger partial charge in [-0.3, -0.25) is 0 Å². The Labute approximate surface area is 116 Å². The zero-order valence-corrected chi connectivity index (χ0v) is 11.2. The van der Waals surface area contributed by atoms with Crippen molar-refractivity contribution in [3.8, 4) is 0 Å². The predicted octanol–water partition coefficient (Wildman–Crippen LogP) is 2.93. The highest BCUT2D eigenvalue weighted by molar-refractivity contribution is 5.92. The summed E-state index contributed by atoms with van der Waals surface area (Å²) < 4.78 is 13.7. The molecule has 2 amide bonds. The molecule has 0 aromatic heterocycles. The molecule has 6 heteroatoms. The summed E-state index contributed by atoms with van der Waals surface area (Å²) in [6, 6.07) is 3.35. The molecule has 0 spiro atoms. The van der Waals surface area contributed by atoms with Crippen molar-refractivity contribution in [1.29, 1.82) is 0 Å². The van der Waals surface area contributed by atoms with E-state index in [0.29, 0.717) is 6.54 Å².